The van der Waals surface area contributed by atoms with Crippen LogP contribution in [0.1, 0.15) is 6.92 Å². The molecule has 8 heavy (non-hydrogen) atoms. The maximum absolute atomic E-state index is 9.83. The summed E-state index contributed by atoms with van der Waals surface area (Å²) in [4.78, 5) is 14.2. The van der Waals surface area contributed by atoms with Gasteiger partial charge in [0.15, 0.2) is 0 Å². The van der Waals surface area contributed by atoms with Crippen LogP contribution >= 0.6 is 0 Å². The van der Waals surface area contributed by atoms with Crippen LogP contribution in [0.15, 0.2) is 12.3 Å². The Balaban J connectivity index is 3.05. The topological polar surface area (TPSA) is 64.3 Å². The fourth-order valence-electron chi connectivity index (χ4n) is 0.160. The Bertz CT molecular complexity index is 100. The number of carbonyl (C=O) groups excluding carboxylic acids is 1. The first-order chi connectivity index (χ1) is 3.77. The van der Waals surface area contributed by atoms with Gasteiger partial charge >= 0.3 is 6.03 Å². The van der Waals surface area contributed by atoms with Crippen LogP contribution in [0, 0.1) is 0 Å². The minimum Gasteiger partial charge on any atom is -0.386 e. The lowest BCUT2D eigenvalue weighted by molar-refractivity contribution is 0.147. The van der Waals surface area contributed by atoms with Gasteiger partial charge in [0.25, 0.3) is 0 Å². The van der Waals surface area contributed by atoms with Crippen LogP contribution in [0.5, 0.6) is 0 Å². The van der Waals surface area contributed by atoms with E-state index in [1.807, 2.05) is 5.48 Å². The molecule has 0 aromatic heterocycles. The predicted octanol–water partition coefficient (Wildman–Crippen LogP) is 0.120. The van der Waals surface area contributed by atoms with Gasteiger partial charge in [-0.1, -0.05) is 0 Å². The molecular formula is C4H8N2O2. The lowest BCUT2D eigenvalue weighted by atomic mass is 10.7. The van der Waals surface area contributed by atoms with Crippen molar-refractivity contribution in [2.24, 2.45) is 5.73 Å². The zero-order valence-electron chi connectivity index (χ0n) is 4.55. The number of rotatable bonds is 2. The summed E-state index contributed by atoms with van der Waals surface area (Å²) in [5, 5.41) is 0. The van der Waals surface area contributed by atoms with Crippen LogP contribution in [0.3, 0.4) is 0 Å². The highest BCUT2D eigenvalue weighted by Crippen LogP contribution is 1.67. The number of urea groups is 1. The van der Waals surface area contributed by atoms with Crippen molar-refractivity contribution < 1.29 is 9.63 Å². The van der Waals surface area contributed by atoms with Crippen LogP contribution in [-0.4, -0.2) is 6.03 Å². The Hall–Kier alpha value is -1.19. The number of primary amides is 1. The van der Waals surface area contributed by atoms with Crippen LogP contribution in [0.4, 0.5) is 4.79 Å². The molecule has 0 aliphatic rings. The molecule has 3 N–H and O–H groups in total. The first-order valence-corrected chi connectivity index (χ1v) is 2.09. The number of hydrogen-bond acceptors (Lipinski definition) is 2. The van der Waals surface area contributed by atoms with E-state index in [4.69, 9.17) is 0 Å². The number of amides is 2. The van der Waals surface area contributed by atoms with Crippen molar-refractivity contribution in [3.8, 4) is 0 Å². The van der Waals surface area contributed by atoms with Crippen molar-refractivity contribution in [1.82, 2.24) is 5.48 Å². The highest BCUT2D eigenvalue weighted by molar-refractivity contribution is 5.70. The molecule has 4 heteroatoms. The maximum atomic E-state index is 9.83. The molecule has 0 spiro atoms. The molecule has 0 saturated heterocycles. The normalized spacial score (nSPS) is 9.12. The van der Waals surface area contributed by atoms with Gasteiger partial charge in [0.2, 0.25) is 0 Å². The van der Waals surface area contributed by atoms with Gasteiger partial charge in [-0.2, -0.15) is 5.48 Å². The molecule has 0 rings (SSSR count). The molecule has 2 amide bonds. The molecule has 0 heterocycles. The van der Waals surface area contributed by atoms with Crippen molar-refractivity contribution in [1.29, 1.82) is 0 Å². The summed E-state index contributed by atoms with van der Waals surface area (Å²) in [6.45, 7) is 1.75. The molecule has 0 aromatic rings. The molecule has 0 fully saturated rings. The number of nitrogens with one attached hydrogen (secondary N) is 1. The first-order valence-electron chi connectivity index (χ1n) is 2.09. The molecule has 0 atom stereocenters. The highest BCUT2D eigenvalue weighted by atomic mass is 16.6. The van der Waals surface area contributed by atoms with E-state index in [1.165, 1.54) is 6.26 Å². The number of hydroxylamine groups is 1. The summed E-state index contributed by atoms with van der Waals surface area (Å²) in [5.41, 5.74) is 6.52. The molecule has 0 saturated carbocycles. The third-order valence-electron chi connectivity index (χ3n) is 0.364. The Morgan fingerprint density at radius 2 is 2.50 bits per heavy atom. The maximum Gasteiger partial charge on any atom is 0.345 e. The molecule has 0 aliphatic carbocycles. The van der Waals surface area contributed by atoms with Gasteiger partial charge in [-0.25, -0.2) is 4.79 Å². The predicted molar refractivity (Wildman–Crippen MR) is 28.6 cm³/mol. The van der Waals surface area contributed by atoms with E-state index >= 15 is 0 Å². The minimum absolute atomic E-state index is 0.705. The number of carbonyl (C=O) groups is 1. The largest absolute Gasteiger partial charge is 0.386 e. The number of nitrogens with two attached hydrogens (primary N) is 1. The van der Waals surface area contributed by atoms with Crippen molar-refractivity contribution in [2.45, 2.75) is 6.92 Å². The first kappa shape index (κ1) is 6.81. The highest BCUT2D eigenvalue weighted by Gasteiger charge is 1.82. The fraction of sp³-hybridized carbons (Fsp3) is 0.250. The van der Waals surface area contributed by atoms with Crippen molar-refractivity contribution in [2.75, 3.05) is 0 Å². The SMILES string of the molecule is CC=CONC(N)=O. The van der Waals surface area contributed by atoms with Crippen LogP contribution in [0.25, 0.3) is 0 Å². The summed E-state index contributed by atoms with van der Waals surface area (Å²) in [7, 11) is 0. The molecular weight excluding hydrogens is 108 g/mol. The summed E-state index contributed by atoms with van der Waals surface area (Å²) >= 11 is 0. The van der Waals surface area contributed by atoms with Crippen LogP contribution in [-0.2, 0) is 4.84 Å². The average Bonchev–Trinajstić information content (AvgIpc) is 1.66. The molecule has 0 aromatic carbocycles. The molecule has 0 aliphatic heterocycles. The Morgan fingerprint density at radius 1 is 1.88 bits per heavy atom. The van der Waals surface area contributed by atoms with Gasteiger partial charge in [0, 0.05) is 0 Å². The van der Waals surface area contributed by atoms with Crippen molar-refractivity contribution in [3.05, 3.63) is 12.3 Å². The lowest BCUT2D eigenvalue weighted by Gasteiger charge is -1.94. The second-order valence-electron chi connectivity index (χ2n) is 1.05. The minimum atomic E-state index is -0.705. The molecule has 0 radical (unpaired) electrons. The van der Waals surface area contributed by atoms with Crippen LogP contribution in [0.2, 0.25) is 0 Å². The van der Waals surface area contributed by atoms with Crippen LogP contribution < -0.4 is 11.2 Å². The van der Waals surface area contributed by atoms with E-state index in [9.17, 15) is 4.79 Å². The van der Waals surface area contributed by atoms with Gasteiger partial charge in [0.1, 0.15) is 6.26 Å². The summed E-state index contributed by atoms with van der Waals surface area (Å²) in [6, 6.07) is -0.705. The van der Waals surface area contributed by atoms with E-state index in [0.717, 1.165) is 0 Å². The van der Waals surface area contributed by atoms with E-state index in [1.54, 1.807) is 13.0 Å². The Morgan fingerprint density at radius 3 is 2.88 bits per heavy atom. The monoisotopic (exact) mass is 116 g/mol. The van der Waals surface area contributed by atoms with E-state index in [0.29, 0.717) is 0 Å². The zero-order chi connectivity index (χ0) is 6.41. The molecule has 4 nitrogen and oxygen atoms in total. The second-order valence-corrected chi connectivity index (χ2v) is 1.05. The third-order valence-corrected chi connectivity index (χ3v) is 0.364. The molecule has 0 bridgehead atoms. The Labute approximate surface area is 47.3 Å². The Kier molecular flexibility index (Phi) is 3.39. The van der Waals surface area contributed by atoms with Gasteiger partial charge in [-0.15, -0.1) is 0 Å². The van der Waals surface area contributed by atoms with Crippen molar-refractivity contribution in [3.63, 3.8) is 0 Å². The number of hydrogen-bond donors (Lipinski definition) is 2. The van der Waals surface area contributed by atoms with Gasteiger partial charge in [0.05, 0.1) is 0 Å². The van der Waals surface area contributed by atoms with Crippen molar-refractivity contribution >= 4 is 6.03 Å². The molecule has 46 valence electrons. The molecule has 0 unspecified atom stereocenters. The van der Waals surface area contributed by atoms with E-state index in [2.05, 4.69) is 10.6 Å². The summed E-state index contributed by atoms with van der Waals surface area (Å²) < 4.78 is 0. The standard InChI is InChI=1S/C4H8N2O2/c1-2-3-8-6-4(5)7/h2-3H,1H3,(H3,5,6,7). The van der Waals surface area contributed by atoms with Gasteiger partial charge in [-0.05, 0) is 13.0 Å². The average molecular weight is 116 g/mol. The lowest BCUT2D eigenvalue weighted by Crippen LogP contribution is -2.27. The van der Waals surface area contributed by atoms with E-state index < -0.39 is 6.03 Å². The summed E-state index contributed by atoms with van der Waals surface area (Å²) in [6.07, 6.45) is 2.93. The third kappa shape index (κ3) is 4.81. The van der Waals surface area contributed by atoms with Gasteiger partial charge < -0.3 is 10.6 Å². The van der Waals surface area contributed by atoms with E-state index in [-0.39, 0.29) is 0 Å². The smallest absolute Gasteiger partial charge is 0.345 e. The zero-order valence-corrected chi connectivity index (χ0v) is 4.55. The quantitative estimate of drug-likeness (QED) is 0.397. The fourth-order valence-corrected chi connectivity index (χ4v) is 0.160. The second kappa shape index (κ2) is 3.98. The summed E-state index contributed by atoms with van der Waals surface area (Å²) in [5.74, 6) is 0. The van der Waals surface area contributed by atoms with Gasteiger partial charge in [-0.3, -0.25) is 0 Å². The number of allylic oxidation sites excluding steroid dienone is 1.